The minimum Gasteiger partial charge on any atom is -0.232 e. The van der Waals surface area contributed by atoms with Crippen LogP contribution in [0.5, 0.6) is 0 Å². The van der Waals surface area contributed by atoms with Crippen molar-refractivity contribution in [2.75, 3.05) is 0 Å². The second kappa shape index (κ2) is 7.31. The molecule has 0 spiro atoms. The van der Waals surface area contributed by atoms with Crippen LogP contribution in [0.4, 0.5) is 0 Å². The van der Waals surface area contributed by atoms with Crippen LogP contribution in [0.25, 0.3) is 49.4 Å². The fraction of sp³-hybridized carbons (Fsp3) is 0.129. The minimum absolute atomic E-state index is 1.14. The quantitative estimate of drug-likeness (QED) is 0.255. The molecule has 4 aromatic carbocycles. The molecule has 0 aliphatic rings. The third kappa shape index (κ3) is 2.98. The highest BCUT2D eigenvalue weighted by atomic mass is 15.2. The van der Waals surface area contributed by atoms with Gasteiger partial charge in [-0.1, -0.05) is 66.2 Å². The Hall–Kier alpha value is -3.91. The summed E-state index contributed by atoms with van der Waals surface area (Å²) in [4.78, 5) is 0. The number of pyridine rings is 1. The first-order valence-electron chi connectivity index (χ1n) is 11.5. The van der Waals surface area contributed by atoms with E-state index in [1.165, 1.54) is 60.7 Å². The second-order valence-corrected chi connectivity index (χ2v) is 9.17. The highest BCUT2D eigenvalue weighted by Crippen LogP contribution is 2.39. The molecule has 6 aromatic rings. The summed E-state index contributed by atoms with van der Waals surface area (Å²) in [6.07, 6.45) is 1.91. The van der Waals surface area contributed by atoms with Gasteiger partial charge in [0.2, 0.25) is 0 Å². The maximum atomic E-state index is 4.72. The molecule has 0 aliphatic carbocycles. The van der Waals surface area contributed by atoms with Crippen LogP contribution < -0.4 is 0 Å². The molecular weight excluding hydrogens is 400 g/mol. The van der Waals surface area contributed by atoms with Gasteiger partial charge in [0, 0.05) is 10.8 Å². The summed E-state index contributed by atoms with van der Waals surface area (Å²) in [5.74, 6) is 0. The Morgan fingerprint density at radius 3 is 2.18 bits per heavy atom. The molecule has 0 aliphatic heterocycles. The molecule has 0 saturated heterocycles. The average Bonchev–Trinajstić information content (AvgIpc) is 3.29. The van der Waals surface area contributed by atoms with Crippen molar-refractivity contribution >= 4 is 27.2 Å². The highest BCUT2D eigenvalue weighted by molar-refractivity contribution is 6.18. The first-order valence-corrected chi connectivity index (χ1v) is 11.5. The molecule has 160 valence electrons. The number of hydrogen-bond acceptors (Lipinski definition) is 1. The Labute approximate surface area is 194 Å². The molecule has 0 radical (unpaired) electrons. The van der Waals surface area contributed by atoms with Crippen molar-refractivity contribution in [1.29, 1.82) is 0 Å². The number of hydrogen-bond donors (Lipinski definition) is 0. The van der Waals surface area contributed by atoms with Gasteiger partial charge in [-0.15, -0.1) is 0 Å². The van der Waals surface area contributed by atoms with Gasteiger partial charge in [0.05, 0.1) is 17.2 Å². The Morgan fingerprint density at radius 1 is 0.606 bits per heavy atom. The normalized spacial score (nSPS) is 11.6. The Kier molecular flexibility index (Phi) is 4.38. The largest absolute Gasteiger partial charge is 0.232 e. The lowest BCUT2D eigenvalue weighted by Crippen LogP contribution is -1.96. The van der Waals surface area contributed by atoms with E-state index >= 15 is 0 Å². The number of fused-ring (bicyclic) bond motifs is 6. The molecule has 0 bridgehead atoms. The van der Waals surface area contributed by atoms with Crippen molar-refractivity contribution in [3.63, 3.8) is 0 Å². The number of rotatable bonds is 2. The van der Waals surface area contributed by atoms with Crippen LogP contribution in [0.2, 0.25) is 0 Å². The lowest BCUT2D eigenvalue weighted by atomic mass is 9.90. The third-order valence-electron chi connectivity index (χ3n) is 6.92. The molecule has 2 heteroatoms. The predicted molar refractivity (Wildman–Crippen MR) is 140 cm³/mol. The lowest BCUT2D eigenvalue weighted by Gasteiger charge is -2.16. The molecule has 0 saturated carbocycles. The molecule has 0 unspecified atom stereocenters. The van der Waals surface area contributed by atoms with Crippen LogP contribution in [-0.4, -0.2) is 9.61 Å². The van der Waals surface area contributed by atoms with Crippen LogP contribution in [0.1, 0.15) is 22.3 Å². The number of benzene rings is 4. The van der Waals surface area contributed by atoms with Gasteiger partial charge in [0.25, 0.3) is 0 Å². The van der Waals surface area contributed by atoms with Gasteiger partial charge in [-0.25, -0.2) is 4.52 Å². The molecular formula is C31H26N2. The average molecular weight is 427 g/mol. The zero-order valence-corrected chi connectivity index (χ0v) is 19.5. The maximum Gasteiger partial charge on any atom is 0.0747 e. The zero-order chi connectivity index (χ0) is 22.7. The van der Waals surface area contributed by atoms with Crippen LogP contribution >= 0.6 is 0 Å². The lowest BCUT2D eigenvalue weighted by molar-refractivity contribution is 1.01. The van der Waals surface area contributed by atoms with Gasteiger partial charge in [-0.2, -0.15) is 5.10 Å². The third-order valence-corrected chi connectivity index (χ3v) is 6.92. The monoisotopic (exact) mass is 426 g/mol. The summed E-state index contributed by atoms with van der Waals surface area (Å²) >= 11 is 0. The molecule has 0 atom stereocenters. The molecule has 6 rings (SSSR count). The van der Waals surface area contributed by atoms with Gasteiger partial charge in [-0.3, -0.25) is 0 Å². The van der Waals surface area contributed by atoms with Crippen LogP contribution in [-0.2, 0) is 0 Å². The first-order chi connectivity index (χ1) is 16.0. The molecule has 0 amide bonds. The van der Waals surface area contributed by atoms with Gasteiger partial charge in [0.1, 0.15) is 0 Å². The SMILES string of the molecule is Cc1ccc(-c2cccc3c2c2ccc(-c4c(C)cccc4C)cc2c2ccnn23)c(C)c1. The molecule has 2 nitrogen and oxygen atoms in total. The van der Waals surface area contributed by atoms with E-state index in [4.69, 9.17) is 5.10 Å². The Bertz CT molecular complexity index is 1680. The summed E-state index contributed by atoms with van der Waals surface area (Å²) < 4.78 is 2.10. The fourth-order valence-corrected chi connectivity index (χ4v) is 5.44. The van der Waals surface area contributed by atoms with E-state index in [-0.39, 0.29) is 0 Å². The van der Waals surface area contributed by atoms with Crippen molar-refractivity contribution in [3.8, 4) is 22.3 Å². The Balaban J connectivity index is 1.76. The molecule has 2 heterocycles. The molecule has 0 N–H and O–H groups in total. The second-order valence-electron chi connectivity index (χ2n) is 9.17. The van der Waals surface area contributed by atoms with Gasteiger partial charge in [0.15, 0.2) is 0 Å². The smallest absolute Gasteiger partial charge is 0.0747 e. The number of aromatic nitrogens is 2. The summed E-state index contributed by atoms with van der Waals surface area (Å²) in [7, 11) is 0. The van der Waals surface area contributed by atoms with Crippen LogP contribution in [0, 0.1) is 27.7 Å². The summed E-state index contributed by atoms with van der Waals surface area (Å²) in [5, 5.41) is 8.48. The number of nitrogens with zero attached hydrogens (tertiary/aromatic N) is 2. The van der Waals surface area contributed by atoms with Crippen molar-refractivity contribution < 1.29 is 0 Å². The molecule has 33 heavy (non-hydrogen) atoms. The Morgan fingerprint density at radius 2 is 1.39 bits per heavy atom. The van der Waals surface area contributed by atoms with E-state index in [9.17, 15) is 0 Å². The van der Waals surface area contributed by atoms with Crippen LogP contribution in [0.15, 0.2) is 85.1 Å². The van der Waals surface area contributed by atoms with Crippen molar-refractivity contribution in [3.05, 3.63) is 107 Å². The topological polar surface area (TPSA) is 17.3 Å². The van der Waals surface area contributed by atoms with Gasteiger partial charge in [-0.05, 0) is 90.2 Å². The first kappa shape index (κ1) is 19.8. The standard InChI is InChI=1S/C31H26N2/c1-19-11-13-24(22(4)17-19)25-9-6-10-29-31(25)26-14-12-23(30-20(2)7-5-8-21(30)3)18-27(26)28-15-16-32-33(28)29/h5-18H,1-4H3. The van der Waals surface area contributed by atoms with E-state index < -0.39 is 0 Å². The van der Waals surface area contributed by atoms with E-state index in [0.29, 0.717) is 0 Å². The fourth-order valence-electron chi connectivity index (χ4n) is 5.44. The number of aryl methyl sites for hydroxylation is 4. The van der Waals surface area contributed by atoms with Gasteiger partial charge < -0.3 is 0 Å². The minimum atomic E-state index is 1.14. The highest BCUT2D eigenvalue weighted by Gasteiger charge is 2.16. The summed E-state index contributed by atoms with van der Waals surface area (Å²) in [6.45, 7) is 8.74. The zero-order valence-electron chi connectivity index (χ0n) is 19.5. The van der Waals surface area contributed by atoms with Crippen molar-refractivity contribution in [2.24, 2.45) is 0 Å². The molecule has 2 aromatic heterocycles. The molecule has 0 fully saturated rings. The van der Waals surface area contributed by atoms with E-state index in [0.717, 1.165) is 11.0 Å². The van der Waals surface area contributed by atoms with Crippen molar-refractivity contribution in [2.45, 2.75) is 27.7 Å². The van der Waals surface area contributed by atoms with E-state index in [1.807, 2.05) is 6.20 Å². The van der Waals surface area contributed by atoms with E-state index in [1.54, 1.807) is 0 Å². The predicted octanol–water partition coefficient (Wildman–Crippen LogP) is 8.21. The van der Waals surface area contributed by atoms with Crippen molar-refractivity contribution in [1.82, 2.24) is 9.61 Å². The maximum absolute atomic E-state index is 4.72. The summed E-state index contributed by atoms with van der Waals surface area (Å²) in [6, 6.07) is 28.9. The van der Waals surface area contributed by atoms with Gasteiger partial charge >= 0.3 is 0 Å². The van der Waals surface area contributed by atoms with Crippen LogP contribution in [0.3, 0.4) is 0 Å². The summed E-state index contributed by atoms with van der Waals surface area (Å²) in [5.41, 5.74) is 12.6. The van der Waals surface area contributed by atoms with E-state index in [2.05, 4.69) is 111 Å².